The standard InChI is InChI=1S/C16H9F6N5O2/c17-15(18,19)9-3-8(4-10(5-9)16(20,21)22)13-24-7-27(26-13)2-1-12(28)25-11-6-23-14(11)29/h1-5,7H,6H2,(H,23,29)/b2-1-,25-11?. The first-order valence-corrected chi connectivity index (χ1v) is 7.72. The van der Waals surface area contributed by atoms with E-state index in [1.165, 1.54) is 0 Å². The Hall–Kier alpha value is -3.51. The van der Waals surface area contributed by atoms with E-state index < -0.39 is 46.7 Å². The van der Waals surface area contributed by atoms with E-state index in [1.54, 1.807) is 0 Å². The van der Waals surface area contributed by atoms with Crippen LogP contribution in [0.2, 0.25) is 0 Å². The zero-order valence-corrected chi connectivity index (χ0v) is 14.0. The molecule has 3 rings (SSSR count). The molecule has 1 aliphatic heterocycles. The summed E-state index contributed by atoms with van der Waals surface area (Å²) in [6, 6.07) is 0.977. The fraction of sp³-hybridized carbons (Fsp3) is 0.188. The number of carbonyl (C=O) groups excluding carboxylic acids is 2. The maximum absolute atomic E-state index is 12.9. The fourth-order valence-corrected chi connectivity index (χ4v) is 2.20. The third-order valence-electron chi connectivity index (χ3n) is 3.65. The molecule has 0 aliphatic carbocycles. The summed E-state index contributed by atoms with van der Waals surface area (Å²) in [5.41, 5.74) is -3.47. The van der Waals surface area contributed by atoms with Crippen molar-refractivity contribution in [3.8, 4) is 11.4 Å². The van der Waals surface area contributed by atoms with Crippen molar-refractivity contribution in [2.45, 2.75) is 12.4 Å². The van der Waals surface area contributed by atoms with E-state index in [1.807, 2.05) is 0 Å². The van der Waals surface area contributed by atoms with Crippen LogP contribution >= 0.6 is 0 Å². The smallest absolute Gasteiger partial charge is 0.345 e. The molecule has 7 nitrogen and oxygen atoms in total. The van der Waals surface area contributed by atoms with Crippen molar-refractivity contribution in [1.82, 2.24) is 20.1 Å². The van der Waals surface area contributed by atoms with Gasteiger partial charge >= 0.3 is 12.4 Å². The van der Waals surface area contributed by atoms with Gasteiger partial charge in [0.25, 0.3) is 11.8 Å². The molecule has 152 valence electrons. The summed E-state index contributed by atoms with van der Waals surface area (Å²) in [5, 5.41) is 6.09. The van der Waals surface area contributed by atoms with E-state index in [2.05, 4.69) is 20.4 Å². The van der Waals surface area contributed by atoms with Gasteiger partial charge in [-0.15, -0.1) is 5.10 Å². The molecule has 2 aromatic rings. The van der Waals surface area contributed by atoms with Crippen LogP contribution in [-0.4, -0.2) is 38.8 Å². The molecule has 29 heavy (non-hydrogen) atoms. The van der Waals surface area contributed by atoms with Crippen molar-refractivity contribution in [3.63, 3.8) is 0 Å². The molecule has 0 spiro atoms. The van der Waals surface area contributed by atoms with Gasteiger partial charge in [-0.05, 0) is 18.2 Å². The number of nitrogens with zero attached hydrogens (tertiary/aromatic N) is 4. The first-order chi connectivity index (χ1) is 13.4. The highest BCUT2D eigenvalue weighted by Crippen LogP contribution is 2.37. The van der Waals surface area contributed by atoms with Gasteiger partial charge < -0.3 is 5.32 Å². The molecule has 2 heterocycles. The number of β-lactam (4-membered cyclic amide) rings is 1. The molecule has 13 heteroatoms. The maximum atomic E-state index is 12.9. The Morgan fingerprint density at radius 3 is 2.21 bits per heavy atom. The van der Waals surface area contributed by atoms with Crippen LogP contribution < -0.4 is 5.32 Å². The van der Waals surface area contributed by atoms with Gasteiger partial charge in [0.2, 0.25) is 0 Å². The highest BCUT2D eigenvalue weighted by Gasteiger charge is 2.37. The summed E-state index contributed by atoms with van der Waals surface area (Å²) < 4.78 is 78.5. The van der Waals surface area contributed by atoms with Crippen molar-refractivity contribution in [1.29, 1.82) is 0 Å². The van der Waals surface area contributed by atoms with E-state index in [-0.39, 0.29) is 18.3 Å². The van der Waals surface area contributed by atoms with Crippen molar-refractivity contribution in [3.05, 3.63) is 41.7 Å². The monoisotopic (exact) mass is 417 g/mol. The molecule has 0 unspecified atom stereocenters. The Kier molecular flexibility index (Phi) is 4.98. The number of carbonyl (C=O) groups is 2. The van der Waals surface area contributed by atoms with E-state index >= 15 is 0 Å². The lowest BCUT2D eigenvalue weighted by Gasteiger charge is -2.14. The molecule has 1 saturated heterocycles. The molecule has 0 atom stereocenters. The second-order valence-electron chi connectivity index (χ2n) is 5.74. The van der Waals surface area contributed by atoms with Crippen LogP contribution in [0.4, 0.5) is 26.3 Å². The van der Waals surface area contributed by atoms with Gasteiger partial charge in [-0.3, -0.25) is 9.59 Å². The highest BCUT2D eigenvalue weighted by atomic mass is 19.4. The van der Waals surface area contributed by atoms with Crippen LogP contribution in [-0.2, 0) is 21.9 Å². The average Bonchev–Trinajstić information content (AvgIpc) is 3.10. The number of alkyl halides is 6. The number of rotatable bonds is 3. The molecule has 0 saturated carbocycles. The number of amides is 2. The first-order valence-electron chi connectivity index (χ1n) is 7.72. The maximum Gasteiger partial charge on any atom is 0.416 e. The van der Waals surface area contributed by atoms with Crippen LogP contribution in [0.3, 0.4) is 0 Å². The molecule has 2 amide bonds. The number of aromatic nitrogens is 3. The molecule has 1 aromatic heterocycles. The molecule has 1 N–H and O–H groups in total. The summed E-state index contributed by atoms with van der Waals surface area (Å²) in [7, 11) is 0. The number of benzene rings is 1. The Balaban J connectivity index is 1.87. The molecule has 1 aliphatic rings. The van der Waals surface area contributed by atoms with E-state index in [0.29, 0.717) is 12.1 Å². The van der Waals surface area contributed by atoms with E-state index in [0.717, 1.165) is 23.3 Å². The van der Waals surface area contributed by atoms with Crippen LogP contribution in [0, 0.1) is 0 Å². The average molecular weight is 417 g/mol. The zero-order valence-electron chi connectivity index (χ0n) is 14.0. The molecule has 1 aromatic carbocycles. The number of aliphatic imine (C=N–C) groups is 1. The Bertz CT molecular complexity index is 1000. The van der Waals surface area contributed by atoms with E-state index in [9.17, 15) is 35.9 Å². The second-order valence-corrected chi connectivity index (χ2v) is 5.74. The second kappa shape index (κ2) is 7.14. The van der Waals surface area contributed by atoms with Gasteiger partial charge in [0, 0.05) is 17.8 Å². The molecular formula is C16H9F6N5O2. The molecule has 1 fully saturated rings. The minimum atomic E-state index is -5.00. The lowest BCUT2D eigenvalue weighted by Crippen LogP contribution is -2.49. The number of hydrogen-bond acceptors (Lipinski definition) is 4. The number of hydrogen-bond donors (Lipinski definition) is 1. The molecule has 0 bridgehead atoms. The SMILES string of the molecule is O=C(/C=C\n1cnc(-c2cc(C(F)(F)F)cc(C(F)(F)F)c2)n1)N=C1CNC1=O. The van der Waals surface area contributed by atoms with Crippen LogP contribution in [0.5, 0.6) is 0 Å². The van der Waals surface area contributed by atoms with Gasteiger partial charge in [0.15, 0.2) is 5.82 Å². The zero-order chi connectivity index (χ0) is 21.4. The minimum absolute atomic E-state index is 0.00512. The number of nitrogens with one attached hydrogen (secondary N) is 1. The third-order valence-corrected chi connectivity index (χ3v) is 3.65. The largest absolute Gasteiger partial charge is 0.416 e. The van der Waals surface area contributed by atoms with Gasteiger partial charge in [-0.25, -0.2) is 14.7 Å². The summed E-state index contributed by atoms with van der Waals surface area (Å²) >= 11 is 0. The van der Waals surface area contributed by atoms with Crippen molar-refractivity contribution < 1.29 is 35.9 Å². The normalized spacial score (nSPS) is 16.2. The Morgan fingerprint density at radius 1 is 1.10 bits per heavy atom. The lowest BCUT2D eigenvalue weighted by atomic mass is 10.0. The highest BCUT2D eigenvalue weighted by molar-refractivity contribution is 6.47. The van der Waals surface area contributed by atoms with Gasteiger partial charge in [0.1, 0.15) is 12.0 Å². The predicted octanol–water partition coefficient (Wildman–Crippen LogP) is 2.55. The summed E-state index contributed by atoms with van der Waals surface area (Å²) in [6.07, 6.45) is -7.08. The minimum Gasteiger partial charge on any atom is -0.345 e. The predicted molar refractivity (Wildman–Crippen MR) is 86.2 cm³/mol. The quantitative estimate of drug-likeness (QED) is 0.472. The van der Waals surface area contributed by atoms with Gasteiger partial charge in [-0.2, -0.15) is 26.3 Å². The molecular weight excluding hydrogens is 408 g/mol. The van der Waals surface area contributed by atoms with Crippen molar-refractivity contribution >= 4 is 23.7 Å². The van der Waals surface area contributed by atoms with Gasteiger partial charge in [-0.1, -0.05) is 0 Å². The summed E-state index contributed by atoms with van der Waals surface area (Å²) in [5.74, 6) is -1.70. The van der Waals surface area contributed by atoms with Crippen LogP contribution in [0.1, 0.15) is 11.1 Å². The van der Waals surface area contributed by atoms with Gasteiger partial charge in [0.05, 0.1) is 17.7 Å². The molecule has 0 radical (unpaired) electrons. The Labute approximate surface area is 157 Å². The third kappa shape index (κ3) is 4.67. The topological polar surface area (TPSA) is 89.2 Å². The fourth-order valence-electron chi connectivity index (χ4n) is 2.20. The summed E-state index contributed by atoms with van der Waals surface area (Å²) in [4.78, 5) is 29.7. The number of halogens is 6. The van der Waals surface area contributed by atoms with Crippen LogP contribution in [0.15, 0.2) is 35.6 Å². The van der Waals surface area contributed by atoms with Crippen LogP contribution in [0.25, 0.3) is 17.6 Å². The summed E-state index contributed by atoms with van der Waals surface area (Å²) in [6.45, 7) is 0.142. The van der Waals surface area contributed by atoms with Crippen molar-refractivity contribution in [2.75, 3.05) is 6.54 Å². The lowest BCUT2D eigenvalue weighted by molar-refractivity contribution is -0.143. The Morgan fingerprint density at radius 2 is 1.72 bits per heavy atom. The first kappa shape index (κ1) is 20.2. The van der Waals surface area contributed by atoms with Crippen molar-refractivity contribution in [2.24, 2.45) is 4.99 Å². The van der Waals surface area contributed by atoms with E-state index in [4.69, 9.17) is 0 Å².